The number of nitrogens with zero attached hydrogens (tertiary/aromatic N) is 1. The number of rotatable bonds is 2. The summed E-state index contributed by atoms with van der Waals surface area (Å²) in [4.78, 5) is 14.1. The molecule has 0 aromatic carbocycles. The highest BCUT2D eigenvalue weighted by atomic mass is 16.3. The summed E-state index contributed by atoms with van der Waals surface area (Å²) in [6.07, 6.45) is 9.03. The van der Waals surface area contributed by atoms with E-state index < -0.39 is 0 Å². The van der Waals surface area contributed by atoms with Gasteiger partial charge in [-0.05, 0) is 31.1 Å². The van der Waals surface area contributed by atoms with Gasteiger partial charge in [0.15, 0.2) is 0 Å². The average molecular weight is 253 g/mol. The number of aliphatic hydroxyl groups excluding tert-OH is 1. The van der Waals surface area contributed by atoms with Crippen LogP contribution >= 0.6 is 0 Å². The summed E-state index contributed by atoms with van der Waals surface area (Å²) in [5, 5.41) is 9.85. The highest BCUT2D eigenvalue weighted by Crippen LogP contribution is 2.27. The molecule has 1 aliphatic heterocycles. The van der Waals surface area contributed by atoms with Crippen LogP contribution in [0.15, 0.2) is 0 Å². The molecule has 0 bridgehead atoms. The van der Waals surface area contributed by atoms with Crippen molar-refractivity contribution in [3.05, 3.63) is 0 Å². The molecule has 2 unspecified atom stereocenters. The molecule has 3 nitrogen and oxygen atoms in total. The maximum Gasteiger partial charge on any atom is 0.222 e. The largest absolute Gasteiger partial charge is 0.391 e. The number of aliphatic hydroxyl groups is 1. The second kappa shape index (κ2) is 6.55. The zero-order valence-corrected chi connectivity index (χ0v) is 11.6. The van der Waals surface area contributed by atoms with Gasteiger partial charge in [0, 0.05) is 19.5 Å². The zero-order chi connectivity index (χ0) is 13.0. The van der Waals surface area contributed by atoms with Gasteiger partial charge in [-0.3, -0.25) is 4.79 Å². The Morgan fingerprint density at radius 2 is 1.83 bits per heavy atom. The van der Waals surface area contributed by atoms with Gasteiger partial charge in [-0.1, -0.05) is 32.6 Å². The molecule has 1 amide bonds. The van der Waals surface area contributed by atoms with Crippen LogP contribution < -0.4 is 0 Å². The van der Waals surface area contributed by atoms with Crippen LogP contribution in [0.5, 0.6) is 0 Å². The molecule has 0 aromatic rings. The first-order valence-electron chi connectivity index (χ1n) is 7.62. The van der Waals surface area contributed by atoms with E-state index in [9.17, 15) is 9.90 Å². The summed E-state index contributed by atoms with van der Waals surface area (Å²) in [5.41, 5.74) is 0. The maximum absolute atomic E-state index is 12.2. The summed E-state index contributed by atoms with van der Waals surface area (Å²) in [5.74, 6) is 1.20. The third kappa shape index (κ3) is 3.71. The molecule has 1 saturated heterocycles. The molecule has 2 aliphatic rings. The summed E-state index contributed by atoms with van der Waals surface area (Å²) < 4.78 is 0. The molecule has 104 valence electrons. The van der Waals surface area contributed by atoms with Crippen molar-refractivity contribution in [2.75, 3.05) is 13.1 Å². The molecular formula is C15H27NO2. The molecule has 2 rings (SSSR count). The topological polar surface area (TPSA) is 40.5 Å². The van der Waals surface area contributed by atoms with E-state index >= 15 is 0 Å². The standard InChI is InChI=1S/C15H27NO2/c1-12-8-9-16(11-14(12)17)15(18)10-13-6-4-2-3-5-7-13/h12-14,17H,2-11H2,1H3. The minimum Gasteiger partial charge on any atom is -0.391 e. The summed E-state index contributed by atoms with van der Waals surface area (Å²) in [6, 6.07) is 0. The van der Waals surface area contributed by atoms with Crippen molar-refractivity contribution in [3.63, 3.8) is 0 Å². The molecule has 2 fully saturated rings. The number of hydrogen-bond acceptors (Lipinski definition) is 2. The smallest absolute Gasteiger partial charge is 0.222 e. The molecule has 1 heterocycles. The van der Waals surface area contributed by atoms with Gasteiger partial charge in [0.1, 0.15) is 0 Å². The molecular weight excluding hydrogens is 226 g/mol. The van der Waals surface area contributed by atoms with Crippen molar-refractivity contribution in [1.82, 2.24) is 4.90 Å². The van der Waals surface area contributed by atoms with Crippen LogP contribution in [0.2, 0.25) is 0 Å². The van der Waals surface area contributed by atoms with Crippen molar-refractivity contribution in [2.24, 2.45) is 11.8 Å². The monoisotopic (exact) mass is 253 g/mol. The van der Waals surface area contributed by atoms with E-state index in [0.29, 0.717) is 24.8 Å². The van der Waals surface area contributed by atoms with E-state index in [1.54, 1.807) is 0 Å². The molecule has 1 aliphatic carbocycles. The lowest BCUT2D eigenvalue weighted by atomic mass is 9.93. The molecule has 18 heavy (non-hydrogen) atoms. The summed E-state index contributed by atoms with van der Waals surface area (Å²) in [7, 11) is 0. The number of carbonyl (C=O) groups excluding carboxylic acids is 1. The van der Waals surface area contributed by atoms with Gasteiger partial charge in [0.25, 0.3) is 0 Å². The van der Waals surface area contributed by atoms with Crippen LogP contribution in [0.1, 0.15) is 58.3 Å². The fourth-order valence-corrected chi connectivity index (χ4v) is 3.22. The SMILES string of the molecule is CC1CCN(C(=O)CC2CCCCCC2)CC1O. The van der Waals surface area contributed by atoms with Gasteiger partial charge in [-0.2, -0.15) is 0 Å². The minimum absolute atomic E-state index is 0.271. The Labute approximate surface area is 111 Å². The van der Waals surface area contributed by atoms with Crippen LogP contribution in [-0.2, 0) is 4.79 Å². The van der Waals surface area contributed by atoms with Crippen LogP contribution in [0.4, 0.5) is 0 Å². The first-order chi connectivity index (χ1) is 8.66. The van der Waals surface area contributed by atoms with Gasteiger partial charge in [0.05, 0.1) is 6.10 Å². The number of piperidine rings is 1. The highest BCUT2D eigenvalue weighted by molar-refractivity contribution is 5.76. The lowest BCUT2D eigenvalue weighted by molar-refractivity contribution is -0.136. The van der Waals surface area contributed by atoms with Gasteiger partial charge in [-0.25, -0.2) is 0 Å². The zero-order valence-electron chi connectivity index (χ0n) is 11.6. The Balaban J connectivity index is 1.80. The molecule has 1 N–H and O–H groups in total. The van der Waals surface area contributed by atoms with Crippen molar-refractivity contribution >= 4 is 5.91 Å². The van der Waals surface area contributed by atoms with Crippen LogP contribution in [0.3, 0.4) is 0 Å². The van der Waals surface area contributed by atoms with E-state index in [1.165, 1.54) is 38.5 Å². The summed E-state index contributed by atoms with van der Waals surface area (Å²) >= 11 is 0. The minimum atomic E-state index is -0.322. The average Bonchev–Trinajstić information content (AvgIpc) is 2.61. The number of carbonyl (C=O) groups is 1. The first kappa shape index (κ1) is 13.9. The Hall–Kier alpha value is -0.570. The number of β-amino-alcohol motifs (C(OH)–C–C–N with tert-alkyl or cyclic N) is 1. The quantitative estimate of drug-likeness (QED) is 0.768. The molecule has 1 saturated carbocycles. The van der Waals surface area contributed by atoms with Crippen LogP contribution in [-0.4, -0.2) is 35.1 Å². The second-order valence-electron chi connectivity index (χ2n) is 6.23. The van der Waals surface area contributed by atoms with E-state index in [2.05, 4.69) is 6.92 Å². The van der Waals surface area contributed by atoms with Crippen molar-refractivity contribution < 1.29 is 9.90 Å². The number of hydrogen-bond donors (Lipinski definition) is 1. The van der Waals surface area contributed by atoms with Crippen LogP contribution in [0.25, 0.3) is 0 Å². The predicted molar refractivity (Wildman–Crippen MR) is 72.2 cm³/mol. The number of likely N-dealkylation sites (tertiary alicyclic amines) is 1. The third-order valence-electron chi connectivity index (χ3n) is 4.71. The first-order valence-corrected chi connectivity index (χ1v) is 7.62. The molecule has 2 atom stereocenters. The molecule has 0 spiro atoms. The van der Waals surface area contributed by atoms with E-state index in [-0.39, 0.29) is 12.0 Å². The normalized spacial score (nSPS) is 31.1. The summed E-state index contributed by atoms with van der Waals surface area (Å²) in [6.45, 7) is 3.45. The Bertz CT molecular complexity index is 272. The third-order valence-corrected chi connectivity index (χ3v) is 4.71. The Kier molecular flexibility index (Phi) is 5.04. The van der Waals surface area contributed by atoms with E-state index in [4.69, 9.17) is 0 Å². The van der Waals surface area contributed by atoms with Gasteiger partial charge in [0.2, 0.25) is 5.91 Å². The Morgan fingerprint density at radius 1 is 1.17 bits per heavy atom. The van der Waals surface area contributed by atoms with Gasteiger partial charge < -0.3 is 10.0 Å². The fourth-order valence-electron chi connectivity index (χ4n) is 3.22. The van der Waals surface area contributed by atoms with Gasteiger partial charge in [-0.15, -0.1) is 0 Å². The van der Waals surface area contributed by atoms with Crippen molar-refractivity contribution in [2.45, 2.75) is 64.4 Å². The fraction of sp³-hybridized carbons (Fsp3) is 0.933. The van der Waals surface area contributed by atoms with Gasteiger partial charge >= 0.3 is 0 Å². The van der Waals surface area contributed by atoms with E-state index in [0.717, 1.165) is 13.0 Å². The molecule has 0 aromatic heterocycles. The molecule has 3 heteroatoms. The maximum atomic E-state index is 12.2. The highest BCUT2D eigenvalue weighted by Gasteiger charge is 2.28. The lowest BCUT2D eigenvalue weighted by Crippen LogP contribution is -2.46. The lowest BCUT2D eigenvalue weighted by Gasteiger charge is -2.35. The van der Waals surface area contributed by atoms with Crippen LogP contribution in [0, 0.1) is 11.8 Å². The van der Waals surface area contributed by atoms with Crippen molar-refractivity contribution in [3.8, 4) is 0 Å². The molecule has 0 radical (unpaired) electrons. The predicted octanol–water partition coefficient (Wildman–Crippen LogP) is 2.58. The Morgan fingerprint density at radius 3 is 2.44 bits per heavy atom. The number of amides is 1. The second-order valence-corrected chi connectivity index (χ2v) is 6.23. The van der Waals surface area contributed by atoms with E-state index in [1.807, 2.05) is 4.90 Å². The van der Waals surface area contributed by atoms with Crippen molar-refractivity contribution in [1.29, 1.82) is 0 Å².